The second-order valence-electron chi connectivity index (χ2n) is 7.31. The molecular weight excluding hydrogens is 308 g/mol. The van der Waals surface area contributed by atoms with Gasteiger partial charge in [0.1, 0.15) is 0 Å². The van der Waals surface area contributed by atoms with Crippen LogP contribution in [0.1, 0.15) is 31.1 Å². The van der Waals surface area contributed by atoms with Gasteiger partial charge in [-0.05, 0) is 18.2 Å². The lowest BCUT2D eigenvalue weighted by Gasteiger charge is -2.37. The van der Waals surface area contributed by atoms with E-state index in [0.29, 0.717) is 36.7 Å². The van der Waals surface area contributed by atoms with E-state index in [2.05, 4.69) is 4.90 Å². The number of ether oxygens (including phenoxy) is 2. The van der Waals surface area contributed by atoms with Crippen LogP contribution in [0.5, 0.6) is 11.5 Å². The standard InChI is InChI=1S/C18H24N2O4/c1-18(2,3)17(22)20-8-6-19(7-9-20)11-14(21)13-4-5-15-16(10-13)24-12-23-15/h4-5,10H,6-9,11-12H2,1-3H3. The summed E-state index contributed by atoms with van der Waals surface area (Å²) in [7, 11) is 0. The Morgan fingerprint density at radius 1 is 1.04 bits per heavy atom. The number of hydrogen-bond acceptors (Lipinski definition) is 5. The highest BCUT2D eigenvalue weighted by Crippen LogP contribution is 2.32. The average Bonchev–Trinajstić information content (AvgIpc) is 3.01. The molecule has 2 aliphatic rings. The number of amides is 1. The number of ketones is 1. The zero-order chi connectivity index (χ0) is 17.3. The van der Waals surface area contributed by atoms with Crippen LogP contribution in [0.15, 0.2) is 18.2 Å². The Morgan fingerprint density at radius 3 is 2.38 bits per heavy atom. The maximum absolute atomic E-state index is 12.5. The molecule has 0 N–H and O–H groups in total. The van der Waals surface area contributed by atoms with E-state index in [1.54, 1.807) is 18.2 Å². The van der Waals surface area contributed by atoms with Crippen LogP contribution in [0.3, 0.4) is 0 Å². The topological polar surface area (TPSA) is 59.1 Å². The summed E-state index contributed by atoms with van der Waals surface area (Å²) in [6.45, 7) is 9.15. The average molecular weight is 332 g/mol. The lowest BCUT2D eigenvalue weighted by Crippen LogP contribution is -2.52. The lowest BCUT2D eigenvalue weighted by atomic mass is 9.94. The summed E-state index contributed by atoms with van der Waals surface area (Å²) < 4.78 is 10.6. The molecule has 1 aromatic carbocycles. The van der Waals surface area contributed by atoms with Crippen molar-refractivity contribution in [1.29, 1.82) is 0 Å². The molecule has 24 heavy (non-hydrogen) atoms. The van der Waals surface area contributed by atoms with Crippen LogP contribution in [-0.4, -0.2) is 61.0 Å². The van der Waals surface area contributed by atoms with Gasteiger partial charge in [-0.1, -0.05) is 20.8 Å². The van der Waals surface area contributed by atoms with Gasteiger partial charge in [0.05, 0.1) is 6.54 Å². The van der Waals surface area contributed by atoms with Crippen molar-refractivity contribution in [1.82, 2.24) is 9.80 Å². The largest absolute Gasteiger partial charge is 0.454 e. The summed E-state index contributed by atoms with van der Waals surface area (Å²) >= 11 is 0. The van der Waals surface area contributed by atoms with Crippen molar-refractivity contribution in [2.24, 2.45) is 5.41 Å². The van der Waals surface area contributed by atoms with Gasteiger partial charge in [-0.3, -0.25) is 14.5 Å². The number of fused-ring (bicyclic) bond motifs is 1. The van der Waals surface area contributed by atoms with E-state index in [1.807, 2.05) is 25.7 Å². The zero-order valence-electron chi connectivity index (χ0n) is 14.5. The highest BCUT2D eigenvalue weighted by Gasteiger charge is 2.30. The number of rotatable bonds is 3. The lowest BCUT2D eigenvalue weighted by molar-refractivity contribution is -0.141. The molecule has 1 aromatic rings. The third-order valence-electron chi connectivity index (χ3n) is 4.36. The molecule has 0 aliphatic carbocycles. The fourth-order valence-corrected chi connectivity index (χ4v) is 2.95. The Kier molecular flexibility index (Phi) is 4.49. The first-order valence-corrected chi connectivity index (χ1v) is 8.29. The molecule has 1 saturated heterocycles. The smallest absolute Gasteiger partial charge is 0.231 e. The molecule has 2 heterocycles. The maximum Gasteiger partial charge on any atom is 0.231 e. The third-order valence-corrected chi connectivity index (χ3v) is 4.36. The molecule has 1 fully saturated rings. The fraction of sp³-hybridized carbons (Fsp3) is 0.556. The number of benzene rings is 1. The van der Waals surface area contributed by atoms with Gasteiger partial charge in [-0.15, -0.1) is 0 Å². The molecular formula is C18H24N2O4. The molecule has 130 valence electrons. The molecule has 0 atom stereocenters. The van der Waals surface area contributed by atoms with Crippen LogP contribution in [0.2, 0.25) is 0 Å². The van der Waals surface area contributed by atoms with E-state index in [-0.39, 0.29) is 23.9 Å². The first-order valence-electron chi connectivity index (χ1n) is 8.29. The van der Waals surface area contributed by atoms with Gasteiger partial charge in [0, 0.05) is 37.2 Å². The first-order chi connectivity index (χ1) is 11.3. The van der Waals surface area contributed by atoms with Gasteiger partial charge in [-0.2, -0.15) is 0 Å². The molecule has 0 bridgehead atoms. The quantitative estimate of drug-likeness (QED) is 0.790. The summed E-state index contributed by atoms with van der Waals surface area (Å²) in [5.41, 5.74) is 0.275. The predicted octanol–water partition coefficient (Wildman–Crippen LogP) is 1.79. The normalized spacial score (nSPS) is 17.9. The minimum atomic E-state index is -0.357. The Balaban J connectivity index is 1.54. The predicted molar refractivity (Wildman–Crippen MR) is 89.4 cm³/mol. The number of carbonyl (C=O) groups is 2. The van der Waals surface area contributed by atoms with E-state index >= 15 is 0 Å². The molecule has 1 amide bonds. The van der Waals surface area contributed by atoms with Crippen LogP contribution in [0.25, 0.3) is 0 Å². The van der Waals surface area contributed by atoms with Gasteiger partial charge in [0.2, 0.25) is 12.7 Å². The number of nitrogens with zero attached hydrogens (tertiary/aromatic N) is 2. The molecule has 0 unspecified atom stereocenters. The molecule has 6 heteroatoms. The van der Waals surface area contributed by atoms with Crippen LogP contribution < -0.4 is 9.47 Å². The van der Waals surface area contributed by atoms with Gasteiger partial charge >= 0.3 is 0 Å². The molecule has 0 aromatic heterocycles. The molecule has 6 nitrogen and oxygen atoms in total. The van der Waals surface area contributed by atoms with Gasteiger partial charge in [0.15, 0.2) is 17.3 Å². The Labute approximate surface area is 142 Å². The molecule has 0 saturated carbocycles. The van der Waals surface area contributed by atoms with Crippen molar-refractivity contribution in [3.8, 4) is 11.5 Å². The summed E-state index contributed by atoms with van der Waals surface area (Å²) in [5, 5.41) is 0. The summed E-state index contributed by atoms with van der Waals surface area (Å²) in [5.74, 6) is 1.54. The summed E-state index contributed by atoms with van der Waals surface area (Å²) in [4.78, 5) is 28.7. The van der Waals surface area contributed by atoms with Crippen LogP contribution in [0.4, 0.5) is 0 Å². The Morgan fingerprint density at radius 2 is 1.71 bits per heavy atom. The van der Waals surface area contributed by atoms with Crippen molar-refractivity contribution < 1.29 is 19.1 Å². The number of hydrogen-bond donors (Lipinski definition) is 0. The van der Waals surface area contributed by atoms with Crippen molar-refractivity contribution >= 4 is 11.7 Å². The van der Waals surface area contributed by atoms with Crippen molar-refractivity contribution in [3.63, 3.8) is 0 Å². The third kappa shape index (κ3) is 3.53. The molecule has 2 aliphatic heterocycles. The number of carbonyl (C=O) groups excluding carboxylic acids is 2. The highest BCUT2D eigenvalue weighted by atomic mass is 16.7. The van der Waals surface area contributed by atoms with Gasteiger partial charge in [-0.25, -0.2) is 0 Å². The van der Waals surface area contributed by atoms with Crippen LogP contribution in [0, 0.1) is 5.41 Å². The van der Waals surface area contributed by atoms with Crippen molar-refractivity contribution in [3.05, 3.63) is 23.8 Å². The van der Waals surface area contributed by atoms with E-state index in [1.165, 1.54) is 0 Å². The monoisotopic (exact) mass is 332 g/mol. The number of Topliss-reactive ketones (excluding diaryl/α,β-unsaturated/α-hetero) is 1. The van der Waals surface area contributed by atoms with Crippen LogP contribution in [-0.2, 0) is 4.79 Å². The minimum Gasteiger partial charge on any atom is -0.454 e. The van der Waals surface area contributed by atoms with E-state index in [4.69, 9.17) is 9.47 Å². The highest BCUT2D eigenvalue weighted by molar-refractivity contribution is 5.98. The van der Waals surface area contributed by atoms with Crippen molar-refractivity contribution in [2.75, 3.05) is 39.5 Å². The molecule has 3 rings (SSSR count). The van der Waals surface area contributed by atoms with Crippen LogP contribution >= 0.6 is 0 Å². The maximum atomic E-state index is 12.5. The zero-order valence-corrected chi connectivity index (χ0v) is 14.5. The second-order valence-corrected chi connectivity index (χ2v) is 7.31. The van der Waals surface area contributed by atoms with Crippen molar-refractivity contribution in [2.45, 2.75) is 20.8 Å². The van der Waals surface area contributed by atoms with E-state index in [0.717, 1.165) is 13.1 Å². The van der Waals surface area contributed by atoms with E-state index in [9.17, 15) is 9.59 Å². The molecule has 0 radical (unpaired) electrons. The first kappa shape index (κ1) is 16.8. The Hall–Kier alpha value is -2.08. The minimum absolute atomic E-state index is 0.0592. The van der Waals surface area contributed by atoms with Gasteiger partial charge < -0.3 is 14.4 Å². The van der Waals surface area contributed by atoms with Gasteiger partial charge in [0.25, 0.3) is 0 Å². The number of piperazine rings is 1. The summed E-state index contributed by atoms with van der Waals surface area (Å²) in [6, 6.07) is 5.29. The van der Waals surface area contributed by atoms with E-state index < -0.39 is 0 Å². The fourth-order valence-electron chi connectivity index (χ4n) is 2.95. The molecule has 0 spiro atoms. The Bertz CT molecular complexity index is 643. The summed E-state index contributed by atoms with van der Waals surface area (Å²) in [6.07, 6.45) is 0. The second kappa shape index (κ2) is 6.43. The SMILES string of the molecule is CC(C)(C)C(=O)N1CCN(CC(=O)c2ccc3c(c2)OCO3)CC1.